The molecule has 0 saturated carbocycles. The number of aryl methyl sites for hydroxylation is 1. The van der Waals surface area contributed by atoms with Crippen LogP contribution in [0, 0.1) is 13.8 Å². The lowest BCUT2D eigenvalue weighted by molar-refractivity contribution is -0.325. The molecule has 0 aliphatic carbocycles. The molecule has 0 aromatic carbocycles. The van der Waals surface area contributed by atoms with Gasteiger partial charge >= 0.3 is 6.36 Å². The third-order valence-corrected chi connectivity index (χ3v) is 2.79. The highest BCUT2D eigenvalue weighted by molar-refractivity contribution is 5.24. The molecule has 1 aromatic rings. The molecule has 0 unspecified atom stereocenters. The number of ether oxygens (including phenoxy) is 1. The van der Waals surface area contributed by atoms with Crippen molar-refractivity contribution in [1.82, 2.24) is 15.1 Å². The first-order valence-corrected chi connectivity index (χ1v) is 6.17. The lowest BCUT2D eigenvalue weighted by atomic mass is 10.2. The fraction of sp³-hybridized carbons (Fsp3) is 0.750. The Hall–Kier alpha value is -1.08. The first-order valence-electron chi connectivity index (χ1n) is 6.17. The normalized spacial score (nSPS) is 12.4. The zero-order valence-corrected chi connectivity index (χ0v) is 11.6. The highest BCUT2D eigenvalue weighted by Gasteiger charge is 2.28. The SMILES string of the molecule is Cc1nn(CCOC(F)(F)F)c(C)c1CNC(C)C. The highest BCUT2D eigenvalue weighted by Crippen LogP contribution is 2.17. The summed E-state index contributed by atoms with van der Waals surface area (Å²) < 4.78 is 41.0. The second-order valence-electron chi connectivity index (χ2n) is 4.70. The Morgan fingerprint density at radius 1 is 1.32 bits per heavy atom. The molecule has 0 fully saturated rings. The van der Waals surface area contributed by atoms with E-state index in [1.807, 2.05) is 27.7 Å². The molecular formula is C12H20F3N3O. The monoisotopic (exact) mass is 279 g/mol. The molecule has 1 N–H and O–H groups in total. The number of alkyl halides is 3. The number of hydrogen-bond acceptors (Lipinski definition) is 3. The summed E-state index contributed by atoms with van der Waals surface area (Å²) in [4.78, 5) is 0. The minimum atomic E-state index is -4.59. The summed E-state index contributed by atoms with van der Waals surface area (Å²) in [5.74, 6) is 0. The van der Waals surface area contributed by atoms with E-state index in [1.54, 1.807) is 4.68 Å². The van der Waals surface area contributed by atoms with Crippen molar-refractivity contribution < 1.29 is 17.9 Å². The topological polar surface area (TPSA) is 39.1 Å². The average molecular weight is 279 g/mol. The van der Waals surface area contributed by atoms with Crippen LogP contribution in [0.4, 0.5) is 13.2 Å². The number of halogens is 3. The quantitative estimate of drug-likeness (QED) is 0.869. The average Bonchev–Trinajstić information content (AvgIpc) is 2.50. The molecule has 110 valence electrons. The van der Waals surface area contributed by atoms with Gasteiger partial charge in [-0.05, 0) is 13.8 Å². The van der Waals surface area contributed by atoms with E-state index < -0.39 is 13.0 Å². The van der Waals surface area contributed by atoms with Crippen LogP contribution in [0.5, 0.6) is 0 Å². The van der Waals surface area contributed by atoms with Crippen LogP contribution in [0.1, 0.15) is 30.8 Å². The zero-order chi connectivity index (χ0) is 14.6. The molecule has 0 saturated heterocycles. The Balaban J connectivity index is 2.63. The maximum absolute atomic E-state index is 11.9. The maximum Gasteiger partial charge on any atom is 0.522 e. The number of nitrogens with zero attached hydrogens (tertiary/aromatic N) is 2. The Labute approximate surface area is 110 Å². The van der Waals surface area contributed by atoms with Crippen molar-refractivity contribution in [3.05, 3.63) is 17.0 Å². The Morgan fingerprint density at radius 2 is 1.95 bits per heavy atom. The van der Waals surface area contributed by atoms with E-state index in [9.17, 15) is 13.2 Å². The van der Waals surface area contributed by atoms with Crippen molar-refractivity contribution in [2.24, 2.45) is 0 Å². The second-order valence-corrected chi connectivity index (χ2v) is 4.70. The summed E-state index contributed by atoms with van der Waals surface area (Å²) in [6, 6.07) is 0.343. The summed E-state index contributed by atoms with van der Waals surface area (Å²) in [7, 11) is 0. The summed E-state index contributed by atoms with van der Waals surface area (Å²) in [6.07, 6.45) is -4.59. The van der Waals surface area contributed by atoms with Crippen molar-refractivity contribution in [1.29, 1.82) is 0 Å². The lowest BCUT2D eigenvalue weighted by Crippen LogP contribution is -2.22. The Bertz CT molecular complexity index is 413. The van der Waals surface area contributed by atoms with Crippen molar-refractivity contribution in [2.75, 3.05) is 6.61 Å². The minimum Gasteiger partial charge on any atom is -0.310 e. The third kappa shape index (κ3) is 5.20. The van der Waals surface area contributed by atoms with Gasteiger partial charge in [0.2, 0.25) is 0 Å². The predicted molar refractivity (Wildman–Crippen MR) is 65.7 cm³/mol. The molecule has 0 spiro atoms. The Kier molecular flexibility index (Phi) is 5.37. The van der Waals surface area contributed by atoms with E-state index in [0.29, 0.717) is 12.6 Å². The smallest absolute Gasteiger partial charge is 0.310 e. The first kappa shape index (κ1) is 16.0. The third-order valence-electron chi connectivity index (χ3n) is 2.79. The number of rotatable bonds is 6. The van der Waals surface area contributed by atoms with E-state index in [-0.39, 0.29) is 6.54 Å². The zero-order valence-electron chi connectivity index (χ0n) is 11.6. The van der Waals surface area contributed by atoms with Crippen molar-refractivity contribution >= 4 is 0 Å². The number of aromatic nitrogens is 2. The molecular weight excluding hydrogens is 259 g/mol. The summed E-state index contributed by atoms with van der Waals surface area (Å²) >= 11 is 0. The Morgan fingerprint density at radius 3 is 2.47 bits per heavy atom. The molecule has 0 aliphatic rings. The van der Waals surface area contributed by atoms with Crippen molar-refractivity contribution in [3.8, 4) is 0 Å². The first-order chi connectivity index (χ1) is 8.70. The van der Waals surface area contributed by atoms with Crippen LogP contribution in [0.3, 0.4) is 0 Å². The van der Waals surface area contributed by atoms with Gasteiger partial charge < -0.3 is 5.32 Å². The van der Waals surface area contributed by atoms with Crippen molar-refractivity contribution in [3.63, 3.8) is 0 Å². The molecule has 0 aliphatic heterocycles. The lowest BCUT2D eigenvalue weighted by Gasteiger charge is -2.10. The van der Waals surface area contributed by atoms with E-state index in [0.717, 1.165) is 17.0 Å². The fourth-order valence-electron chi connectivity index (χ4n) is 1.76. The molecule has 1 rings (SSSR count). The van der Waals surface area contributed by atoms with E-state index in [1.165, 1.54) is 0 Å². The molecule has 1 heterocycles. The van der Waals surface area contributed by atoms with Gasteiger partial charge in [-0.25, -0.2) is 0 Å². The molecule has 0 radical (unpaired) electrons. The number of hydrogen-bond donors (Lipinski definition) is 1. The van der Waals surface area contributed by atoms with Gasteiger partial charge in [0.05, 0.1) is 18.8 Å². The summed E-state index contributed by atoms with van der Waals surface area (Å²) in [5, 5.41) is 7.51. The van der Waals surface area contributed by atoms with Gasteiger partial charge in [0, 0.05) is 23.8 Å². The largest absolute Gasteiger partial charge is 0.522 e. The summed E-state index contributed by atoms with van der Waals surface area (Å²) in [6.45, 7) is 8.10. The molecule has 0 bridgehead atoms. The van der Waals surface area contributed by atoms with E-state index in [2.05, 4.69) is 15.2 Å². The second kappa shape index (κ2) is 6.38. The molecule has 1 aromatic heterocycles. The van der Waals surface area contributed by atoms with Gasteiger partial charge in [0.15, 0.2) is 0 Å². The van der Waals surface area contributed by atoms with Crippen LogP contribution in [0.2, 0.25) is 0 Å². The molecule has 4 nitrogen and oxygen atoms in total. The molecule has 0 atom stereocenters. The van der Waals surface area contributed by atoms with Crippen LogP contribution < -0.4 is 5.32 Å². The van der Waals surface area contributed by atoms with Gasteiger partial charge in [0.25, 0.3) is 0 Å². The van der Waals surface area contributed by atoms with Crippen LogP contribution >= 0.6 is 0 Å². The number of nitrogens with one attached hydrogen (secondary N) is 1. The van der Waals surface area contributed by atoms with E-state index in [4.69, 9.17) is 0 Å². The standard InChI is InChI=1S/C12H20F3N3O/c1-8(2)16-7-11-9(3)17-18(10(11)4)5-6-19-12(13,14)15/h8,16H,5-7H2,1-4H3. The van der Waals surface area contributed by atoms with Crippen LogP contribution in [-0.2, 0) is 17.8 Å². The van der Waals surface area contributed by atoms with Crippen LogP contribution in [-0.4, -0.2) is 28.8 Å². The van der Waals surface area contributed by atoms with Crippen molar-refractivity contribution in [2.45, 2.75) is 53.2 Å². The molecule has 7 heteroatoms. The van der Waals surface area contributed by atoms with Crippen LogP contribution in [0.25, 0.3) is 0 Å². The minimum absolute atomic E-state index is 0.0911. The molecule has 19 heavy (non-hydrogen) atoms. The van der Waals surface area contributed by atoms with Gasteiger partial charge in [-0.1, -0.05) is 13.8 Å². The predicted octanol–water partition coefficient (Wildman–Crippen LogP) is 2.53. The van der Waals surface area contributed by atoms with Gasteiger partial charge in [-0.15, -0.1) is 13.2 Å². The summed E-state index contributed by atoms with van der Waals surface area (Å²) in [5.41, 5.74) is 2.73. The highest BCUT2D eigenvalue weighted by atomic mass is 19.4. The van der Waals surface area contributed by atoms with Gasteiger partial charge in [-0.3, -0.25) is 9.42 Å². The van der Waals surface area contributed by atoms with Crippen LogP contribution in [0.15, 0.2) is 0 Å². The maximum atomic E-state index is 11.9. The van der Waals surface area contributed by atoms with E-state index >= 15 is 0 Å². The molecule has 0 amide bonds. The van der Waals surface area contributed by atoms with Gasteiger partial charge in [-0.2, -0.15) is 5.10 Å². The fourth-order valence-corrected chi connectivity index (χ4v) is 1.76. The van der Waals surface area contributed by atoms with Gasteiger partial charge in [0.1, 0.15) is 0 Å².